The van der Waals surface area contributed by atoms with E-state index in [2.05, 4.69) is 24.4 Å². The smallest absolute Gasteiger partial charge is 0.437 e. The minimum Gasteiger partial charge on any atom is -0.437 e. The van der Waals surface area contributed by atoms with Gasteiger partial charge in [0, 0.05) is 28.8 Å². The van der Waals surface area contributed by atoms with Gasteiger partial charge < -0.3 is 14.0 Å². The second-order valence-corrected chi connectivity index (χ2v) is 7.52. The predicted octanol–water partition coefficient (Wildman–Crippen LogP) is 5.63. The van der Waals surface area contributed by atoms with E-state index in [1.165, 1.54) is 7.11 Å². The number of carbonyl (C=O) groups excluding carboxylic acids is 1. The summed E-state index contributed by atoms with van der Waals surface area (Å²) in [6, 6.07) is 6.68. The third-order valence-corrected chi connectivity index (χ3v) is 4.92. The summed E-state index contributed by atoms with van der Waals surface area (Å²) in [5, 5.41) is 3.39. The van der Waals surface area contributed by atoms with Crippen LogP contribution < -0.4 is 4.74 Å². The number of hydrogen-bond acceptors (Lipinski definition) is 7. The molecule has 0 saturated carbocycles. The summed E-state index contributed by atoms with van der Waals surface area (Å²) in [6.45, 7) is 7.62. The van der Waals surface area contributed by atoms with Gasteiger partial charge in [0.2, 0.25) is 5.82 Å². The van der Waals surface area contributed by atoms with Crippen LogP contribution in [0, 0.1) is 13.8 Å². The zero-order valence-electron chi connectivity index (χ0n) is 18.2. The van der Waals surface area contributed by atoms with Crippen molar-refractivity contribution in [1.82, 2.24) is 15.1 Å². The summed E-state index contributed by atoms with van der Waals surface area (Å²) < 4.78 is 52.5. The van der Waals surface area contributed by atoms with Crippen molar-refractivity contribution < 1.29 is 32.0 Å². The number of ether oxygens (including phenoxy) is 2. The van der Waals surface area contributed by atoms with E-state index in [1.807, 2.05) is 27.7 Å². The van der Waals surface area contributed by atoms with Crippen molar-refractivity contribution in [3.05, 3.63) is 58.2 Å². The van der Waals surface area contributed by atoms with Crippen LogP contribution in [0.4, 0.5) is 18.0 Å². The third-order valence-electron chi connectivity index (χ3n) is 4.92. The Labute approximate surface area is 182 Å². The van der Waals surface area contributed by atoms with Gasteiger partial charge in [0.25, 0.3) is 0 Å². The Morgan fingerprint density at radius 1 is 1.12 bits per heavy atom. The average molecular weight is 449 g/mol. The molecule has 0 aliphatic rings. The molecule has 0 atom stereocenters. The first-order valence-corrected chi connectivity index (χ1v) is 9.77. The Morgan fingerprint density at radius 2 is 1.78 bits per heavy atom. The van der Waals surface area contributed by atoms with Crippen LogP contribution in [0.2, 0.25) is 0 Å². The lowest BCUT2D eigenvalue weighted by Crippen LogP contribution is -2.14. The first-order chi connectivity index (χ1) is 15.0. The highest BCUT2D eigenvalue weighted by Crippen LogP contribution is 2.34. The topological polar surface area (TPSA) is 87.3 Å². The third kappa shape index (κ3) is 4.90. The number of aromatic nitrogens is 3. The highest BCUT2D eigenvalue weighted by atomic mass is 19.4. The average Bonchev–Trinajstić information content (AvgIpc) is 3.24. The number of halogens is 3. The van der Waals surface area contributed by atoms with Crippen LogP contribution >= 0.6 is 0 Å². The maximum atomic E-state index is 12.7. The lowest BCUT2D eigenvalue weighted by atomic mass is 9.94. The number of nitrogens with zero attached hydrogens (tertiary/aromatic N) is 3. The second-order valence-electron chi connectivity index (χ2n) is 7.52. The fraction of sp³-hybridized carbons (Fsp3) is 0.364. The molecule has 0 aliphatic heterocycles. The molecule has 32 heavy (non-hydrogen) atoms. The number of aryl methyl sites for hydroxylation is 1. The largest absolute Gasteiger partial charge is 0.513 e. The summed E-state index contributed by atoms with van der Waals surface area (Å²) >= 11 is 0. The number of carbonyl (C=O) groups is 1. The van der Waals surface area contributed by atoms with Gasteiger partial charge in [-0.05, 0) is 25.3 Å². The molecular weight excluding hydrogens is 427 g/mol. The molecular formula is C22H22F3N3O4. The molecule has 1 aromatic carbocycles. The Kier molecular flexibility index (Phi) is 6.52. The zero-order valence-corrected chi connectivity index (χ0v) is 18.2. The molecule has 3 aromatic rings. The van der Waals surface area contributed by atoms with Crippen molar-refractivity contribution >= 4 is 6.16 Å². The highest BCUT2D eigenvalue weighted by Gasteiger charge is 2.38. The van der Waals surface area contributed by atoms with Gasteiger partial charge in [0.1, 0.15) is 5.75 Å². The van der Waals surface area contributed by atoms with E-state index in [1.54, 1.807) is 24.3 Å². The van der Waals surface area contributed by atoms with E-state index < -0.39 is 18.2 Å². The summed E-state index contributed by atoms with van der Waals surface area (Å²) in [5.74, 6) is -1.10. The molecule has 0 fully saturated rings. The number of hydrogen-bond donors (Lipinski definition) is 0. The van der Waals surface area contributed by atoms with Gasteiger partial charge >= 0.3 is 18.2 Å². The second kappa shape index (κ2) is 8.97. The lowest BCUT2D eigenvalue weighted by Gasteiger charge is -2.19. The molecule has 7 nitrogen and oxygen atoms in total. The Balaban J connectivity index is 1.96. The summed E-state index contributed by atoms with van der Waals surface area (Å²) in [4.78, 5) is 19.9. The van der Waals surface area contributed by atoms with Crippen LogP contribution in [-0.4, -0.2) is 28.4 Å². The number of methoxy groups -OCH3 is 1. The molecule has 3 rings (SSSR count). The number of rotatable bonds is 5. The first-order valence-electron chi connectivity index (χ1n) is 9.77. The van der Waals surface area contributed by atoms with Gasteiger partial charge in [0.15, 0.2) is 0 Å². The van der Waals surface area contributed by atoms with E-state index in [9.17, 15) is 18.0 Å². The van der Waals surface area contributed by atoms with Crippen LogP contribution in [0.25, 0.3) is 11.4 Å². The molecule has 0 saturated heterocycles. The van der Waals surface area contributed by atoms with E-state index in [0.717, 1.165) is 28.1 Å². The molecule has 0 radical (unpaired) electrons. The van der Waals surface area contributed by atoms with Crippen molar-refractivity contribution in [3.63, 3.8) is 0 Å². The van der Waals surface area contributed by atoms with Crippen molar-refractivity contribution in [3.8, 4) is 17.1 Å². The molecule has 2 aromatic heterocycles. The summed E-state index contributed by atoms with van der Waals surface area (Å²) in [5.41, 5.74) is 4.18. The molecule has 10 heteroatoms. The standard InChI is InChI=1S/C22H22F3N3O4/c1-11(2)17-16(18(31-21(29)30-5)12(3)13(4)26-17)10-14-6-8-15(9-7-14)19-27-20(32-28-19)22(23,24)25/h6-9,11H,10H2,1-5H3. The van der Waals surface area contributed by atoms with Crippen LogP contribution in [0.15, 0.2) is 28.8 Å². The Bertz CT molecular complexity index is 1120. The molecule has 170 valence electrons. The Hall–Kier alpha value is -3.43. The molecule has 0 bridgehead atoms. The molecule has 0 N–H and O–H groups in total. The maximum absolute atomic E-state index is 12.7. The molecule has 0 spiro atoms. The van der Waals surface area contributed by atoms with Crippen LogP contribution in [0.5, 0.6) is 5.75 Å². The van der Waals surface area contributed by atoms with Crippen LogP contribution in [0.1, 0.15) is 53.7 Å². The van der Waals surface area contributed by atoms with Crippen molar-refractivity contribution in [1.29, 1.82) is 0 Å². The molecule has 0 aliphatic carbocycles. The number of benzene rings is 1. The normalized spacial score (nSPS) is 11.7. The SMILES string of the molecule is COC(=O)Oc1c(C)c(C)nc(C(C)C)c1Cc1ccc(-c2noc(C(F)(F)F)n2)cc1. The van der Waals surface area contributed by atoms with Gasteiger partial charge in [0.05, 0.1) is 12.8 Å². The highest BCUT2D eigenvalue weighted by molar-refractivity contribution is 5.66. The quantitative estimate of drug-likeness (QED) is 0.467. The van der Waals surface area contributed by atoms with Crippen molar-refractivity contribution in [2.75, 3.05) is 7.11 Å². The minimum atomic E-state index is -4.70. The fourth-order valence-corrected chi connectivity index (χ4v) is 3.18. The zero-order chi connectivity index (χ0) is 23.6. The Morgan fingerprint density at radius 3 is 2.31 bits per heavy atom. The monoisotopic (exact) mass is 449 g/mol. The van der Waals surface area contributed by atoms with E-state index in [0.29, 0.717) is 17.7 Å². The lowest BCUT2D eigenvalue weighted by molar-refractivity contribution is -0.159. The van der Waals surface area contributed by atoms with Gasteiger partial charge in [-0.3, -0.25) is 4.98 Å². The van der Waals surface area contributed by atoms with E-state index >= 15 is 0 Å². The fourth-order valence-electron chi connectivity index (χ4n) is 3.18. The predicted molar refractivity (Wildman–Crippen MR) is 108 cm³/mol. The number of alkyl halides is 3. The van der Waals surface area contributed by atoms with Gasteiger partial charge in [-0.1, -0.05) is 43.3 Å². The van der Waals surface area contributed by atoms with E-state index in [4.69, 9.17) is 4.74 Å². The molecule has 0 unspecified atom stereocenters. The number of pyridine rings is 1. The van der Waals surface area contributed by atoms with Crippen LogP contribution in [0.3, 0.4) is 0 Å². The first kappa shape index (κ1) is 23.2. The van der Waals surface area contributed by atoms with Crippen LogP contribution in [-0.2, 0) is 17.3 Å². The van der Waals surface area contributed by atoms with Crippen molar-refractivity contribution in [2.24, 2.45) is 0 Å². The molecule has 0 amide bonds. The van der Waals surface area contributed by atoms with Crippen molar-refractivity contribution in [2.45, 2.75) is 46.2 Å². The van der Waals surface area contributed by atoms with Gasteiger partial charge in [-0.25, -0.2) is 4.79 Å². The van der Waals surface area contributed by atoms with E-state index in [-0.39, 0.29) is 11.7 Å². The van der Waals surface area contributed by atoms with Gasteiger partial charge in [-0.2, -0.15) is 18.2 Å². The van der Waals surface area contributed by atoms with Gasteiger partial charge in [-0.15, -0.1) is 0 Å². The summed E-state index contributed by atoms with van der Waals surface area (Å²) in [7, 11) is 1.23. The molecule has 2 heterocycles. The maximum Gasteiger partial charge on any atom is 0.513 e. The minimum absolute atomic E-state index is 0.0590. The summed E-state index contributed by atoms with van der Waals surface area (Å²) in [6.07, 6.45) is -5.15.